The lowest BCUT2D eigenvalue weighted by molar-refractivity contribution is 0.173. The van der Waals surface area contributed by atoms with Gasteiger partial charge in [-0.3, -0.25) is 4.90 Å². The van der Waals surface area contributed by atoms with Crippen molar-refractivity contribution in [1.29, 1.82) is 0 Å². The monoisotopic (exact) mass is 281 g/mol. The molecule has 1 aromatic carbocycles. The van der Waals surface area contributed by atoms with Crippen molar-refractivity contribution in [3.8, 4) is 0 Å². The zero-order chi connectivity index (χ0) is 13.7. The maximum Gasteiger partial charge on any atom is 0.0426 e. The van der Waals surface area contributed by atoms with E-state index >= 15 is 0 Å². The summed E-state index contributed by atoms with van der Waals surface area (Å²) in [4.78, 5) is 4.99. The number of nitrogens with two attached hydrogens (primary N) is 1. The number of benzene rings is 1. The van der Waals surface area contributed by atoms with Gasteiger partial charge in [-0.1, -0.05) is 24.6 Å². The van der Waals surface area contributed by atoms with Crippen LogP contribution < -0.4 is 10.6 Å². The van der Waals surface area contributed by atoms with E-state index in [1.807, 2.05) is 12.1 Å². The Morgan fingerprint density at radius 3 is 2.58 bits per heavy atom. The van der Waals surface area contributed by atoms with Gasteiger partial charge in [0.25, 0.3) is 0 Å². The first-order valence-corrected chi connectivity index (χ1v) is 7.57. The van der Waals surface area contributed by atoms with E-state index in [0.717, 1.165) is 44.2 Å². The number of piperazine rings is 1. The van der Waals surface area contributed by atoms with Crippen LogP contribution in [0.2, 0.25) is 5.02 Å². The van der Waals surface area contributed by atoms with Gasteiger partial charge < -0.3 is 10.6 Å². The van der Waals surface area contributed by atoms with Crippen LogP contribution in [0, 0.1) is 0 Å². The van der Waals surface area contributed by atoms with Crippen molar-refractivity contribution in [2.45, 2.75) is 25.8 Å². The Balaban J connectivity index is 1.91. The van der Waals surface area contributed by atoms with Crippen LogP contribution >= 0.6 is 11.6 Å². The van der Waals surface area contributed by atoms with Crippen molar-refractivity contribution >= 4 is 17.3 Å². The number of hydrogen-bond acceptors (Lipinski definition) is 3. The van der Waals surface area contributed by atoms with Gasteiger partial charge in [-0.25, -0.2) is 0 Å². The van der Waals surface area contributed by atoms with Gasteiger partial charge in [-0.2, -0.15) is 0 Å². The van der Waals surface area contributed by atoms with Gasteiger partial charge in [0.05, 0.1) is 0 Å². The molecule has 0 amide bonds. The SMILES string of the molecule is CCC(CCN)N1CCN(c2cccc(Cl)c2)CC1. The molecule has 3 nitrogen and oxygen atoms in total. The molecule has 106 valence electrons. The predicted molar refractivity (Wildman–Crippen MR) is 83.0 cm³/mol. The molecular formula is C15H24ClN3. The second kappa shape index (κ2) is 7.13. The minimum atomic E-state index is 0.645. The van der Waals surface area contributed by atoms with Gasteiger partial charge in [0.2, 0.25) is 0 Å². The number of hydrogen-bond donors (Lipinski definition) is 1. The summed E-state index contributed by atoms with van der Waals surface area (Å²) in [6, 6.07) is 8.78. The van der Waals surface area contributed by atoms with E-state index < -0.39 is 0 Å². The van der Waals surface area contributed by atoms with E-state index in [9.17, 15) is 0 Å². The molecule has 0 aliphatic carbocycles. The number of nitrogens with zero attached hydrogens (tertiary/aromatic N) is 2. The van der Waals surface area contributed by atoms with Gasteiger partial charge >= 0.3 is 0 Å². The Morgan fingerprint density at radius 2 is 2.00 bits per heavy atom. The highest BCUT2D eigenvalue weighted by atomic mass is 35.5. The molecule has 0 aromatic heterocycles. The summed E-state index contributed by atoms with van der Waals surface area (Å²) in [7, 11) is 0. The molecule has 1 unspecified atom stereocenters. The normalized spacial score (nSPS) is 18.6. The Bertz CT molecular complexity index is 389. The molecule has 1 aromatic rings. The molecule has 19 heavy (non-hydrogen) atoms. The van der Waals surface area contributed by atoms with Gasteiger partial charge in [-0.05, 0) is 37.6 Å². The summed E-state index contributed by atoms with van der Waals surface area (Å²) in [5, 5.41) is 0.814. The van der Waals surface area contributed by atoms with Crippen molar-refractivity contribution in [3.05, 3.63) is 29.3 Å². The summed E-state index contributed by atoms with van der Waals surface area (Å²) in [5.41, 5.74) is 6.93. The Kier molecular flexibility index (Phi) is 5.49. The van der Waals surface area contributed by atoms with E-state index in [1.165, 1.54) is 12.1 Å². The van der Waals surface area contributed by atoms with E-state index in [4.69, 9.17) is 17.3 Å². The molecule has 0 saturated carbocycles. The van der Waals surface area contributed by atoms with Gasteiger partial charge in [0.15, 0.2) is 0 Å². The molecule has 0 bridgehead atoms. The number of halogens is 1. The minimum absolute atomic E-state index is 0.645. The fraction of sp³-hybridized carbons (Fsp3) is 0.600. The van der Waals surface area contributed by atoms with Gasteiger partial charge in [0.1, 0.15) is 0 Å². The van der Waals surface area contributed by atoms with Crippen LogP contribution in [0.1, 0.15) is 19.8 Å². The highest BCUT2D eigenvalue weighted by Crippen LogP contribution is 2.22. The quantitative estimate of drug-likeness (QED) is 0.900. The number of anilines is 1. The summed E-state index contributed by atoms with van der Waals surface area (Å²) >= 11 is 6.06. The largest absolute Gasteiger partial charge is 0.369 e. The van der Waals surface area contributed by atoms with Crippen LogP contribution in [-0.2, 0) is 0 Å². The zero-order valence-corrected chi connectivity index (χ0v) is 12.4. The van der Waals surface area contributed by atoms with E-state index in [2.05, 4.69) is 28.9 Å². The molecule has 1 fully saturated rings. The summed E-state index contributed by atoms with van der Waals surface area (Å²) in [6.07, 6.45) is 2.29. The predicted octanol–water partition coefficient (Wildman–Crippen LogP) is 2.59. The molecule has 0 spiro atoms. The Hall–Kier alpha value is -0.770. The highest BCUT2D eigenvalue weighted by Gasteiger charge is 2.22. The third-order valence-corrected chi connectivity index (χ3v) is 4.21. The lowest BCUT2D eigenvalue weighted by atomic mass is 10.1. The summed E-state index contributed by atoms with van der Waals surface area (Å²) in [5.74, 6) is 0. The number of rotatable bonds is 5. The maximum atomic E-state index is 6.06. The van der Waals surface area contributed by atoms with Crippen LogP contribution in [0.4, 0.5) is 5.69 Å². The van der Waals surface area contributed by atoms with E-state index in [-0.39, 0.29) is 0 Å². The molecule has 2 N–H and O–H groups in total. The average Bonchev–Trinajstić information content (AvgIpc) is 2.45. The Morgan fingerprint density at radius 1 is 1.26 bits per heavy atom. The standard InChI is InChI=1S/C15H24ClN3/c1-2-14(6-7-17)18-8-10-19(11-9-18)15-5-3-4-13(16)12-15/h3-5,12,14H,2,6-11,17H2,1H3. The molecule has 1 heterocycles. The highest BCUT2D eigenvalue weighted by molar-refractivity contribution is 6.30. The topological polar surface area (TPSA) is 32.5 Å². The van der Waals surface area contributed by atoms with Crippen LogP contribution in [0.25, 0.3) is 0 Å². The first-order chi connectivity index (χ1) is 9.24. The second-order valence-electron chi connectivity index (χ2n) is 5.14. The van der Waals surface area contributed by atoms with Crippen LogP contribution in [0.5, 0.6) is 0 Å². The average molecular weight is 282 g/mol. The van der Waals surface area contributed by atoms with Crippen LogP contribution in [0.15, 0.2) is 24.3 Å². The molecule has 0 radical (unpaired) electrons. The third-order valence-electron chi connectivity index (χ3n) is 3.98. The smallest absolute Gasteiger partial charge is 0.0426 e. The third kappa shape index (κ3) is 3.85. The maximum absolute atomic E-state index is 6.06. The first-order valence-electron chi connectivity index (χ1n) is 7.19. The van der Waals surface area contributed by atoms with E-state index in [1.54, 1.807) is 0 Å². The molecule has 2 rings (SSSR count). The lowest BCUT2D eigenvalue weighted by Gasteiger charge is -2.40. The van der Waals surface area contributed by atoms with Crippen molar-refractivity contribution < 1.29 is 0 Å². The van der Waals surface area contributed by atoms with Crippen LogP contribution in [0.3, 0.4) is 0 Å². The first kappa shape index (κ1) is 14.6. The van der Waals surface area contributed by atoms with Crippen LogP contribution in [-0.4, -0.2) is 43.7 Å². The van der Waals surface area contributed by atoms with Gasteiger partial charge in [-0.15, -0.1) is 0 Å². The summed E-state index contributed by atoms with van der Waals surface area (Å²) in [6.45, 7) is 7.41. The van der Waals surface area contributed by atoms with Crippen molar-refractivity contribution in [2.75, 3.05) is 37.6 Å². The fourth-order valence-electron chi connectivity index (χ4n) is 2.86. The molecule has 1 saturated heterocycles. The fourth-order valence-corrected chi connectivity index (χ4v) is 3.04. The second-order valence-corrected chi connectivity index (χ2v) is 5.58. The molecule has 1 atom stereocenters. The molecule has 1 aliphatic heterocycles. The van der Waals surface area contributed by atoms with Crippen molar-refractivity contribution in [1.82, 2.24) is 4.90 Å². The lowest BCUT2D eigenvalue weighted by Crippen LogP contribution is -2.50. The minimum Gasteiger partial charge on any atom is -0.369 e. The molecular weight excluding hydrogens is 258 g/mol. The molecule has 1 aliphatic rings. The van der Waals surface area contributed by atoms with Crippen molar-refractivity contribution in [3.63, 3.8) is 0 Å². The summed E-state index contributed by atoms with van der Waals surface area (Å²) < 4.78 is 0. The zero-order valence-electron chi connectivity index (χ0n) is 11.7. The van der Waals surface area contributed by atoms with Gasteiger partial charge in [0, 0.05) is 42.9 Å². The molecule has 4 heteroatoms. The van der Waals surface area contributed by atoms with E-state index in [0.29, 0.717) is 6.04 Å². The van der Waals surface area contributed by atoms with Crippen molar-refractivity contribution in [2.24, 2.45) is 5.73 Å². The Labute approximate surface area is 121 Å².